The molecule has 0 saturated carbocycles. The molecule has 1 N–H and O–H groups in total. The van der Waals surface area contributed by atoms with E-state index in [1.165, 1.54) is 23.5 Å². The Morgan fingerprint density at radius 2 is 2.06 bits per heavy atom. The van der Waals surface area contributed by atoms with Gasteiger partial charge < -0.3 is 9.84 Å². The Kier molecular flexibility index (Phi) is 5.54. The standard InChI is InChI=1S/C22H19FN6O2S/c1-12-19(32-22(27-12)17-11-25-8-9-26-17)18(30)15-6-7-24-10-16(15)21-28-20(29-31-21)13-2-4-14(23)5-3-13/h2-5,8-9,11,15-16,24H,6-7,10H2,1H3/t15?,16-/m1/s1. The van der Waals surface area contributed by atoms with Gasteiger partial charge >= 0.3 is 0 Å². The average Bonchev–Trinajstić information content (AvgIpc) is 3.47. The lowest BCUT2D eigenvalue weighted by Gasteiger charge is -2.28. The van der Waals surface area contributed by atoms with Gasteiger partial charge in [0.05, 0.1) is 22.7 Å². The number of rotatable bonds is 5. The van der Waals surface area contributed by atoms with Crippen molar-refractivity contribution in [3.63, 3.8) is 0 Å². The predicted octanol–water partition coefficient (Wildman–Crippen LogP) is 3.67. The Hall–Kier alpha value is -3.37. The number of piperidine rings is 1. The predicted molar refractivity (Wildman–Crippen MR) is 116 cm³/mol. The number of ketones is 1. The quantitative estimate of drug-likeness (QED) is 0.459. The second kappa shape index (κ2) is 8.64. The monoisotopic (exact) mass is 450 g/mol. The first-order chi connectivity index (χ1) is 15.6. The van der Waals surface area contributed by atoms with Crippen LogP contribution in [0.3, 0.4) is 0 Å². The highest BCUT2D eigenvalue weighted by molar-refractivity contribution is 7.17. The topological polar surface area (TPSA) is 107 Å². The molecule has 0 bridgehead atoms. The van der Waals surface area contributed by atoms with E-state index in [9.17, 15) is 9.18 Å². The van der Waals surface area contributed by atoms with E-state index in [1.54, 1.807) is 30.7 Å². The third kappa shape index (κ3) is 3.94. The van der Waals surface area contributed by atoms with Crippen molar-refractivity contribution >= 4 is 17.1 Å². The number of carbonyl (C=O) groups excluding carboxylic acids is 1. The number of nitrogens with zero attached hydrogens (tertiary/aromatic N) is 5. The molecule has 1 aliphatic heterocycles. The summed E-state index contributed by atoms with van der Waals surface area (Å²) in [5, 5.41) is 8.03. The van der Waals surface area contributed by atoms with Crippen molar-refractivity contribution in [3.8, 4) is 22.1 Å². The van der Waals surface area contributed by atoms with Crippen molar-refractivity contribution < 1.29 is 13.7 Å². The van der Waals surface area contributed by atoms with E-state index in [2.05, 4.69) is 30.4 Å². The third-order valence-corrected chi connectivity index (χ3v) is 6.68. The number of benzene rings is 1. The Morgan fingerprint density at radius 1 is 1.22 bits per heavy atom. The van der Waals surface area contributed by atoms with Gasteiger partial charge in [-0.25, -0.2) is 9.37 Å². The van der Waals surface area contributed by atoms with E-state index in [4.69, 9.17) is 4.52 Å². The Bertz CT molecular complexity index is 1240. The van der Waals surface area contributed by atoms with Crippen LogP contribution in [0, 0.1) is 18.7 Å². The third-order valence-electron chi connectivity index (χ3n) is 5.48. The Morgan fingerprint density at radius 3 is 2.84 bits per heavy atom. The van der Waals surface area contributed by atoms with Crippen molar-refractivity contribution in [1.82, 2.24) is 30.4 Å². The van der Waals surface area contributed by atoms with Gasteiger partial charge in [0.25, 0.3) is 0 Å². The van der Waals surface area contributed by atoms with E-state index in [-0.39, 0.29) is 23.4 Å². The Labute approximate surface area is 187 Å². The minimum Gasteiger partial charge on any atom is -0.339 e. The summed E-state index contributed by atoms with van der Waals surface area (Å²) in [6.45, 7) is 3.11. The minimum atomic E-state index is -0.333. The number of hydrogen-bond donors (Lipinski definition) is 1. The maximum atomic E-state index is 13.5. The van der Waals surface area contributed by atoms with Gasteiger partial charge in [-0.1, -0.05) is 5.16 Å². The number of halogens is 1. The summed E-state index contributed by atoms with van der Waals surface area (Å²) in [5.74, 6) is -0.128. The number of nitrogens with one attached hydrogen (secondary N) is 1. The molecule has 32 heavy (non-hydrogen) atoms. The molecule has 10 heteroatoms. The molecule has 4 heterocycles. The van der Waals surface area contributed by atoms with Gasteiger partial charge in [-0.2, -0.15) is 4.98 Å². The Balaban J connectivity index is 1.42. The molecule has 8 nitrogen and oxygen atoms in total. The fourth-order valence-electron chi connectivity index (χ4n) is 3.85. The highest BCUT2D eigenvalue weighted by Gasteiger charge is 2.37. The number of carbonyl (C=O) groups is 1. The normalized spacial score (nSPS) is 18.6. The summed E-state index contributed by atoms with van der Waals surface area (Å²) in [7, 11) is 0. The summed E-state index contributed by atoms with van der Waals surface area (Å²) in [4.78, 5) is 31.6. The average molecular weight is 450 g/mol. The molecule has 4 aromatic rings. The van der Waals surface area contributed by atoms with Gasteiger partial charge in [0.15, 0.2) is 5.78 Å². The van der Waals surface area contributed by atoms with Gasteiger partial charge in [0.1, 0.15) is 16.5 Å². The van der Waals surface area contributed by atoms with Gasteiger partial charge in [0, 0.05) is 30.4 Å². The number of aryl methyl sites for hydroxylation is 1. The van der Waals surface area contributed by atoms with Crippen LogP contribution in [-0.4, -0.2) is 44.0 Å². The first-order valence-electron chi connectivity index (χ1n) is 10.2. The van der Waals surface area contributed by atoms with Gasteiger partial charge in [-0.15, -0.1) is 11.3 Å². The van der Waals surface area contributed by atoms with E-state index >= 15 is 0 Å². The zero-order valence-corrected chi connectivity index (χ0v) is 18.0. The molecule has 5 rings (SSSR count). The largest absolute Gasteiger partial charge is 0.339 e. The molecular weight excluding hydrogens is 431 g/mol. The second-order valence-electron chi connectivity index (χ2n) is 7.56. The number of hydrogen-bond acceptors (Lipinski definition) is 9. The van der Waals surface area contributed by atoms with Crippen molar-refractivity contribution in [3.05, 3.63) is 65.1 Å². The fourth-order valence-corrected chi connectivity index (χ4v) is 4.88. The van der Waals surface area contributed by atoms with Crippen LogP contribution in [0.1, 0.15) is 33.6 Å². The molecule has 1 saturated heterocycles. The number of aromatic nitrogens is 5. The lowest BCUT2D eigenvalue weighted by atomic mass is 9.82. The number of Topliss-reactive ketones (excluding diaryl/α,β-unsaturated/α-hetero) is 1. The maximum Gasteiger partial charge on any atom is 0.232 e. The second-order valence-corrected chi connectivity index (χ2v) is 8.56. The smallest absolute Gasteiger partial charge is 0.232 e. The zero-order valence-electron chi connectivity index (χ0n) is 17.2. The molecule has 3 aromatic heterocycles. The highest BCUT2D eigenvalue weighted by atomic mass is 32.1. The van der Waals surface area contributed by atoms with E-state index < -0.39 is 0 Å². The molecule has 0 aliphatic carbocycles. The van der Waals surface area contributed by atoms with Crippen molar-refractivity contribution in [2.75, 3.05) is 13.1 Å². The molecule has 0 amide bonds. The van der Waals surface area contributed by atoms with E-state index in [1.807, 2.05) is 6.92 Å². The molecule has 1 aromatic carbocycles. The molecular formula is C22H19FN6O2S. The van der Waals surface area contributed by atoms with Crippen LogP contribution < -0.4 is 5.32 Å². The van der Waals surface area contributed by atoms with Gasteiger partial charge in [0.2, 0.25) is 11.7 Å². The molecule has 162 valence electrons. The molecule has 2 atom stereocenters. The SMILES string of the molecule is Cc1nc(-c2cnccn2)sc1C(=O)C1CCNC[C@H]1c1nc(-c2ccc(F)cc2)no1. The summed E-state index contributed by atoms with van der Waals surface area (Å²) < 4.78 is 18.8. The fraction of sp³-hybridized carbons (Fsp3) is 0.273. The van der Waals surface area contributed by atoms with Gasteiger partial charge in [-0.05, 0) is 44.2 Å². The van der Waals surface area contributed by atoms with Crippen LogP contribution in [0.4, 0.5) is 4.39 Å². The van der Waals surface area contributed by atoms with Crippen LogP contribution in [-0.2, 0) is 0 Å². The first-order valence-corrected chi connectivity index (χ1v) is 11.0. The molecule has 0 spiro atoms. The van der Waals surface area contributed by atoms with Crippen molar-refractivity contribution in [2.24, 2.45) is 5.92 Å². The van der Waals surface area contributed by atoms with Gasteiger partial charge in [-0.3, -0.25) is 14.8 Å². The van der Waals surface area contributed by atoms with Crippen LogP contribution in [0.5, 0.6) is 0 Å². The summed E-state index contributed by atoms with van der Waals surface area (Å²) >= 11 is 1.33. The van der Waals surface area contributed by atoms with Crippen LogP contribution in [0.25, 0.3) is 22.1 Å². The van der Waals surface area contributed by atoms with Crippen LogP contribution >= 0.6 is 11.3 Å². The molecule has 1 fully saturated rings. The van der Waals surface area contributed by atoms with Crippen molar-refractivity contribution in [2.45, 2.75) is 19.3 Å². The number of thiazole rings is 1. The summed E-state index contributed by atoms with van der Waals surface area (Å²) in [5.41, 5.74) is 1.97. The molecule has 1 unspecified atom stereocenters. The molecule has 1 aliphatic rings. The van der Waals surface area contributed by atoms with Crippen molar-refractivity contribution in [1.29, 1.82) is 0 Å². The summed E-state index contributed by atoms with van der Waals surface area (Å²) in [6.07, 6.45) is 5.48. The molecule has 0 radical (unpaired) electrons. The summed E-state index contributed by atoms with van der Waals surface area (Å²) in [6, 6.07) is 5.89. The van der Waals surface area contributed by atoms with Crippen LogP contribution in [0.2, 0.25) is 0 Å². The van der Waals surface area contributed by atoms with Crippen LogP contribution in [0.15, 0.2) is 47.4 Å². The van der Waals surface area contributed by atoms with E-state index in [0.29, 0.717) is 51.5 Å². The zero-order chi connectivity index (χ0) is 22.1. The maximum absolute atomic E-state index is 13.5. The first kappa shape index (κ1) is 20.5. The lowest BCUT2D eigenvalue weighted by molar-refractivity contribution is 0.0864. The highest BCUT2D eigenvalue weighted by Crippen LogP contribution is 2.35. The minimum absolute atomic E-state index is 0.0168. The van der Waals surface area contributed by atoms with E-state index in [0.717, 1.165) is 6.54 Å². The lowest BCUT2D eigenvalue weighted by Crippen LogP contribution is -2.39.